The second-order valence-electron chi connectivity index (χ2n) is 9.04. The summed E-state index contributed by atoms with van der Waals surface area (Å²) in [6, 6.07) is 18.8. The SMILES string of the molecule is O=C(NC1CCCN(C(=O)O)C1)c1sc2nccc3c2c1NC(=O)N3c1cccc(-c2ccccc2)c1. The molecule has 1 unspecified atom stereocenters. The number of carbonyl (C=O) groups is 3. The summed E-state index contributed by atoms with van der Waals surface area (Å²) in [4.78, 5) is 46.4. The molecule has 2 aromatic carbocycles. The van der Waals surface area contributed by atoms with Crippen LogP contribution in [0.5, 0.6) is 0 Å². The van der Waals surface area contributed by atoms with Gasteiger partial charge in [0.1, 0.15) is 9.71 Å². The molecule has 2 aliphatic heterocycles. The van der Waals surface area contributed by atoms with Gasteiger partial charge < -0.3 is 20.6 Å². The number of carbonyl (C=O) groups excluding carboxylic acids is 2. The number of piperidine rings is 1. The van der Waals surface area contributed by atoms with Gasteiger partial charge in [0, 0.05) is 25.3 Å². The van der Waals surface area contributed by atoms with Crippen molar-refractivity contribution in [3.8, 4) is 11.1 Å². The highest BCUT2D eigenvalue weighted by Crippen LogP contribution is 2.46. The van der Waals surface area contributed by atoms with Crippen LogP contribution >= 0.6 is 11.3 Å². The number of carboxylic acid groups (broad SMARTS) is 1. The number of likely N-dealkylation sites (tertiary alicyclic amines) is 1. The molecule has 1 atom stereocenters. The number of nitrogens with one attached hydrogen (secondary N) is 2. The van der Waals surface area contributed by atoms with Gasteiger partial charge in [0.25, 0.3) is 5.91 Å². The number of thiophene rings is 1. The standard InChI is InChI=1S/C27H23N5O4S/c33-24(29-18-9-5-13-31(15-18)27(35)36)23-22-21-20(11-12-28-25(21)37-23)32(26(34)30-22)19-10-4-8-17(14-19)16-6-2-1-3-7-16/h1-4,6-8,10-12,14,18H,5,9,13,15H2,(H,29,33)(H,30,34)(H,35,36). The highest BCUT2D eigenvalue weighted by molar-refractivity contribution is 7.21. The van der Waals surface area contributed by atoms with Gasteiger partial charge >= 0.3 is 12.1 Å². The number of hydrogen-bond donors (Lipinski definition) is 3. The summed E-state index contributed by atoms with van der Waals surface area (Å²) >= 11 is 1.21. The van der Waals surface area contributed by atoms with Crippen molar-refractivity contribution in [2.45, 2.75) is 18.9 Å². The Labute approximate surface area is 216 Å². The molecule has 3 N–H and O–H groups in total. The van der Waals surface area contributed by atoms with Crippen molar-refractivity contribution in [2.75, 3.05) is 23.3 Å². The van der Waals surface area contributed by atoms with Gasteiger partial charge in [-0.3, -0.25) is 9.69 Å². The number of urea groups is 1. The van der Waals surface area contributed by atoms with Crippen LogP contribution in [0, 0.1) is 0 Å². The molecule has 0 saturated carbocycles. The third kappa shape index (κ3) is 4.15. The van der Waals surface area contributed by atoms with Gasteiger partial charge in [-0.1, -0.05) is 42.5 Å². The van der Waals surface area contributed by atoms with Crippen molar-refractivity contribution in [3.05, 3.63) is 71.7 Å². The lowest BCUT2D eigenvalue weighted by molar-refractivity contribution is 0.0893. The second kappa shape index (κ2) is 9.21. The molecule has 0 radical (unpaired) electrons. The molecule has 4 heterocycles. The van der Waals surface area contributed by atoms with E-state index in [4.69, 9.17) is 0 Å². The first-order valence-electron chi connectivity index (χ1n) is 12.0. The van der Waals surface area contributed by atoms with Crippen LogP contribution in [-0.4, -0.2) is 52.2 Å². The first-order chi connectivity index (χ1) is 18.0. The fraction of sp³-hybridized carbons (Fsp3) is 0.185. The molecule has 2 aliphatic rings. The number of nitrogens with zero attached hydrogens (tertiary/aromatic N) is 3. The van der Waals surface area contributed by atoms with Crippen LogP contribution in [0.25, 0.3) is 21.3 Å². The minimum Gasteiger partial charge on any atom is -0.465 e. The first-order valence-corrected chi connectivity index (χ1v) is 12.8. The Morgan fingerprint density at radius 2 is 1.89 bits per heavy atom. The van der Waals surface area contributed by atoms with Crippen LogP contribution in [0.3, 0.4) is 0 Å². The molecule has 4 amide bonds. The van der Waals surface area contributed by atoms with Crippen LogP contribution in [0.4, 0.5) is 26.7 Å². The zero-order valence-electron chi connectivity index (χ0n) is 19.7. The van der Waals surface area contributed by atoms with Crippen molar-refractivity contribution in [1.82, 2.24) is 15.2 Å². The Morgan fingerprint density at radius 3 is 2.70 bits per heavy atom. The Balaban J connectivity index is 1.35. The van der Waals surface area contributed by atoms with Gasteiger partial charge in [-0.15, -0.1) is 11.3 Å². The van der Waals surface area contributed by atoms with Crippen LogP contribution in [0.15, 0.2) is 66.9 Å². The van der Waals surface area contributed by atoms with Crippen molar-refractivity contribution >= 4 is 56.6 Å². The molecule has 10 heteroatoms. The van der Waals surface area contributed by atoms with Crippen molar-refractivity contribution in [1.29, 1.82) is 0 Å². The lowest BCUT2D eigenvalue weighted by Crippen LogP contribution is -2.49. The fourth-order valence-corrected chi connectivity index (χ4v) is 6.00. The molecule has 186 valence electrons. The zero-order chi connectivity index (χ0) is 25.5. The van der Waals surface area contributed by atoms with Crippen LogP contribution in [0.1, 0.15) is 22.5 Å². The molecule has 0 bridgehead atoms. The molecule has 4 aromatic rings. The monoisotopic (exact) mass is 513 g/mol. The summed E-state index contributed by atoms with van der Waals surface area (Å²) in [5.74, 6) is -0.346. The Hall–Kier alpha value is -4.44. The maximum absolute atomic E-state index is 13.4. The van der Waals surface area contributed by atoms with Gasteiger partial charge in [0.15, 0.2) is 0 Å². The van der Waals surface area contributed by atoms with Gasteiger partial charge in [-0.25, -0.2) is 14.6 Å². The van der Waals surface area contributed by atoms with Gasteiger partial charge in [0.05, 0.1) is 22.4 Å². The van der Waals surface area contributed by atoms with Crippen LogP contribution < -0.4 is 15.5 Å². The molecule has 1 saturated heterocycles. The highest BCUT2D eigenvalue weighted by atomic mass is 32.1. The topological polar surface area (TPSA) is 115 Å². The number of amides is 4. The lowest BCUT2D eigenvalue weighted by atomic mass is 10.0. The molecule has 0 spiro atoms. The highest BCUT2D eigenvalue weighted by Gasteiger charge is 2.34. The smallest absolute Gasteiger partial charge is 0.407 e. The molecule has 0 aliphatic carbocycles. The van der Waals surface area contributed by atoms with Crippen molar-refractivity contribution < 1.29 is 19.5 Å². The number of rotatable bonds is 4. The lowest BCUT2D eigenvalue weighted by Gasteiger charge is -2.31. The predicted molar refractivity (Wildman–Crippen MR) is 143 cm³/mol. The quantitative estimate of drug-likeness (QED) is 0.332. The molecular weight excluding hydrogens is 490 g/mol. The maximum atomic E-state index is 13.4. The molecule has 9 nitrogen and oxygen atoms in total. The Kier molecular flexibility index (Phi) is 5.72. The second-order valence-corrected chi connectivity index (χ2v) is 10.0. The summed E-state index contributed by atoms with van der Waals surface area (Å²) in [7, 11) is 0. The average molecular weight is 514 g/mol. The minimum atomic E-state index is -0.992. The number of pyridine rings is 1. The van der Waals surface area contributed by atoms with E-state index in [1.165, 1.54) is 16.2 Å². The molecule has 6 rings (SSSR count). The van der Waals surface area contributed by atoms with Gasteiger partial charge in [-0.05, 0) is 42.2 Å². The van der Waals surface area contributed by atoms with Crippen molar-refractivity contribution in [2.24, 2.45) is 0 Å². The van der Waals surface area contributed by atoms with E-state index in [0.717, 1.165) is 11.1 Å². The van der Waals surface area contributed by atoms with E-state index in [2.05, 4.69) is 15.6 Å². The van der Waals surface area contributed by atoms with Gasteiger partial charge in [-0.2, -0.15) is 0 Å². The largest absolute Gasteiger partial charge is 0.465 e. The van der Waals surface area contributed by atoms with E-state index >= 15 is 0 Å². The Morgan fingerprint density at radius 1 is 1.08 bits per heavy atom. The molecule has 37 heavy (non-hydrogen) atoms. The summed E-state index contributed by atoms with van der Waals surface area (Å²) in [6.07, 6.45) is 2.01. The number of anilines is 3. The van der Waals surface area contributed by atoms with E-state index < -0.39 is 6.09 Å². The normalized spacial score (nSPS) is 17.0. The summed E-state index contributed by atoms with van der Waals surface area (Å²) in [5.41, 5.74) is 3.81. The van der Waals surface area contributed by atoms with E-state index in [1.54, 1.807) is 17.2 Å². The van der Waals surface area contributed by atoms with Crippen LogP contribution in [0.2, 0.25) is 0 Å². The number of hydrogen-bond acceptors (Lipinski definition) is 5. The van der Waals surface area contributed by atoms with E-state index in [0.29, 0.717) is 51.5 Å². The summed E-state index contributed by atoms with van der Waals surface area (Å²) in [5, 5.41) is 15.9. The Bertz CT molecular complexity index is 1540. The number of benzene rings is 2. The molecule has 1 fully saturated rings. The van der Waals surface area contributed by atoms with E-state index in [1.807, 2.05) is 54.6 Å². The maximum Gasteiger partial charge on any atom is 0.407 e. The first kappa shape index (κ1) is 23.0. The van der Waals surface area contributed by atoms with Crippen molar-refractivity contribution in [3.63, 3.8) is 0 Å². The average Bonchev–Trinajstić information content (AvgIpc) is 3.29. The number of aromatic nitrogens is 1. The predicted octanol–water partition coefficient (Wildman–Crippen LogP) is 5.52. The van der Waals surface area contributed by atoms with Gasteiger partial charge in [0.2, 0.25) is 0 Å². The van der Waals surface area contributed by atoms with E-state index in [9.17, 15) is 19.5 Å². The third-order valence-electron chi connectivity index (χ3n) is 6.69. The zero-order valence-corrected chi connectivity index (χ0v) is 20.5. The molecule has 2 aromatic heterocycles. The molecular formula is C27H23N5O4S. The third-order valence-corrected chi connectivity index (χ3v) is 7.79. The summed E-state index contributed by atoms with van der Waals surface area (Å²) in [6.45, 7) is 0.698. The fourth-order valence-electron chi connectivity index (χ4n) is 4.98. The minimum absolute atomic E-state index is 0.239. The van der Waals surface area contributed by atoms with Crippen LogP contribution in [-0.2, 0) is 0 Å². The summed E-state index contributed by atoms with van der Waals surface area (Å²) < 4.78 is 0. The van der Waals surface area contributed by atoms with E-state index in [-0.39, 0.29) is 24.5 Å².